The molecule has 0 aliphatic heterocycles. The molecule has 13 heteroatoms. The molecule has 0 fully saturated rings. The van der Waals surface area contributed by atoms with Gasteiger partial charge in [-0.15, -0.1) is 0 Å². The highest BCUT2D eigenvalue weighted by atomic mass is 35.5. The second kappa shape index (κ2) is 19.5. The monoisotopic (exact) mass is 749 g/mol. The molecule has 0 aliphatic rings. The smallest absolute Gasteiger partial charge is 0.416 e. The maximum absolute atomic E-state index is 14.2. The summed E-state index contributed by atoms with van der Waals surface area (Å²) in [5, 5.41) is 20.9. The van der Waals surface area contributed by atoms with Crippen LogP contribution in [0.3, 0.4) is 0 Å². The van der Waals surface area contributed by atoms with Crippen molar-refractivity contribution >= 4 is 45.2 Å². The average Bonchev–Trinajstić information content (AvgIpc) is 3.11. The lowest BCUT2D eigenvalue weighted by atomic mass is 9.84. The van der Waals surface area contributed by atoms with Gasteiger partial charge in [0.25, 0.3) is 0 Å². The molecule has 10 nitrogen and oxygen atoms in total. The highest BCUT2D eigenvalue weighted by Crippen LogP contribution is 2.32. The normalized spacial score (nSPS) is 13.8. The first-order valence-electron chi connectivity index (χ1n) is 16.8. The summed E-state index contributed by atoms with van der Waals surface area (Å²) in [6.45, 7) is 5.39. The number of methoxy groups -OCH3 is 1. The van der Waals surface area contributed by atoms with E-state index in [0.29, 0.717) is 41.3 Å². The third-order valence-corrected chi connectivity index (χ3v) is 11.3. The molecule has 0 saturated heterocycles. The van der Waals surface area contributed by atoms with Crippen molar-refractivity contribution in [2.24, 2.45) is 11.7 Å². The van der Waals surface area contributed by atoms with Crippen molar-refractivity contribution in [2.45, 2.75) is 88.4 Å². The molecule has 50 heavy (non-hydrogen) atoms. The topological polar surface area (TPSA) is 150 Å². The van der Waals surface area contributed by atoms with Crippen LogP contribution >= 0.6 is 23.2 Å². The van der Waals surface area contributed by atoms with E-state index in [2.05, 4.69) is 0 Å². The van der Waals surface area contributed by atoms with Gasteiger partial charge in [0.1, 0.15) is 0 Å². The third-order valence-electron chi connectivity index (χ3n) is 8.88. The standard InChI is InChI=1S/C37H49Cl2N3O7S/c1-5-31(7-6-8-32(24-44)41(22-21-25(2)3)50(47,48)33-19-9-26(23-43)10-20-33)42(37(46)49-4)36(45)35(40)34(27-11-15-29(38)16-12-27)28-13-17-30(39)18-14-28/h9-20,25,31-32,34-35,43-44H,5-8,21-24,40H2,1-4H3/t31-,32-,35-/m0/s1. The molecular formula is C37H49Cl2N3O7S. The second-order valence-corrected chi connectivity index (χ2v) is 15.5. The summed E-state index contributed by atoms with van der Waals surface area (Å²) in [6, 6.07) is 17.4. The lowest BCUT2D eigenvalue weighted by Gasteiger charge is -2.34. The number of amides is 2. The molecule has 3 aromatic carbocycles. The summed E-state index contributed by atoms with van der Waals surface area (Å²) in [6.07, 6.45) is 1.08. The molecular weight excluding hydrogens is 701 g/mol. The molecule has 0 unspecified atom stereocenters. The van der Waals surface area contributed by atoms with Gasteiger partial charge >= 0.3 is 6.09 Å². The van der Waals surface area contributed by atoms with Gasteiger partial charge in [-0.25, -0.2) is 18.1 Å². The van der Waals surface area contributed by atoms with E-state index in [1.165, 1.54) is 23.5 Å². The maximum atomic E-state index is 14.2. The van der Waals surface area contributed by atoms with Crippen LogP contribution in [0.2, 0.25) is 10.0 Å². The molecule has 274 valence electrons. The van der Waals surface area contributed by atoms with Crippen molar-refractivity contribution in [1.82, 2.24) is 9.21 Å². The predicted molar refractivity (Wildman–Crippen MR) is 196 cm³/mol. The Morgan fingerprint density at radius 2 is 1.36 bits per heavy atom. The van der Waals surface area contributed by atoms with Crippen LogP contribution in [-0.2, 0) is 26.2 Å². The number of hydrogen-bond donors (Lipinski definition) is 3. The second-order valence-electron chi connectivity index (χ2n) is 12.7. The zero-order valence-electron chi connectivity index (χ0n) is 29.0. The molecule has 0 heterocycles. The molecule has 0 saturated carbocycles. The number of aliphatic hydroxyl groups is 2. The van der Waals surface area contributed by atoms with Crippen molar-refractivity contribution in [3.05, 3.63) is 99.5 Å². The van der Waals surface area contributed by atoms with Crippen LogP contribution in [0.1, 0.15) is 75.5 Å². The van der Waals surface area contributed by atoms with Gasteiger partial charge < -0.3 is 20.7 Å². The first kappa shape index (κ1) is 41.4. The number of aliphatic hydroxyl groups excluding tert-OH is 2. The SMILES string of the molecule is CC[C@@H](CCC[C@@H](CO)N(CCC(C)C)S(=O)(=O)c1ccc(CO)cc1)N(C(=O)OC)C(=O)[C@@H](N)C(c1ccc(Cl)cc1)c1ccc(Cl)cc1. The number of ether oxygens (including phenoxy) is 1. The van der Waals surface area contributed by atoms with Gasteiger partial charge in [0.2, 0.25) is 15.9 Å². The largest absolute Gasteiger partial charge is 0.452 e. The van der Waals surface area contributed by atoms with Crippen molar-refractivity contribution in [1.29, 1.82) is 0 Å². The number of halogens is 2. The lowest BCUT2D eigenvalue weighted by Crippen LogP contribution is -2.53. The van der Waals surface area contributed by atoms with E-state index in [1.54, 1.807) is 60.7 Å². The first-order chi connectivity index (χ1) is 23.8. The van der Waals surface area contributed by atoms with Crippen LogP contribution in [0.25, 0.3) is 0 Å². The van der Waals surface area contributed by atoms with Crippen LogP contribution in [0.4, 0.5) is 4.79 Å². The van der Waals surface area contributed by atoms with Crippen LogP contribution in [0.15, 0.2) is 77.7 Å². The molecule has 3 atom stereocenters. The molecule has 4 N–H and O–H groups in total. The lowest BCUT2D eigenvalue weighted by molar-refractivity contribution is -0.133. The summed E-state index contributed by atoms with van der Waals surface area (Å²) in [5.74, 6) is -1.07. The molecule has 0 radical (unpaired) electrons. The van der Waals surface area contributed by atoms with E-state index in [4.69, 9.17) is 33.7 Å². The van der Waals surface area contributed by atoms with E-state index in [1.807, 2.05) is 20.8 Å². The van der Waals surface area contributed by atoms with Gasteiger partial charge in [0.15, 0.2) is 0 Å². The minimum atomic E-state index is -4.00. The fourth-order valence-corrected chi connectivity index (χ4v) is 7.90. The number of hydrogen-bond acceptors (Lipinski definition) is 8. The number of carbonyl (C=O) groups is 2. The van der Waals surface area contributed by atoms with Gasteiger partial charge in [-0.2, -0.15) is 4.31 Å². The van der Waals surface area contributed by atoms with Crippen molar-refractivity contribution in [3.8, 4) is 0 Å². The van der Waals surface area contributed by atoms with E-state index < -0.39 is 52.7 Å². The van der Waals surface area contributed by atoms with Crippen molar-refractivity contribution in [2.75, 3.05) is 20.3 Å². The minimum Gasteiger partial charge on any atom is -0.452 e. The number of imide groups is 1. The molecule has 3 rings (SSSR count). The van der Waals surface area contributed by atoms with E-state index >= 15 is 0 Å². The third kappa shape index (κ3) is 10.7. The number of nitrogens with two attached hydrogens (primary N) is 1. The minimum absolute atomic E-state index is 0.0655. The van der Waals surface area contributed by atoms with Crippen molar-refractivity contribution in [3.63, 3.8) is 0 Å². The van der Waals surface area contributed by atoms with E-state index in [-0.39, 0.29) is 30.4 Å². The Kier molecular flexibility index (Phi) is 16.2. The quantitative estimate of drug-likeness (QED) is 0.132. The highest BCUT2D eigenvalue weighted by Gasteiger charge is 2.38. The molecule has 2 amide bonds. The van der Waals surface area contributed by atoms with Gasteiger partial charge in [-0.3, -0.25) is 4.79 Å². The summed E-state index contributed by atoms with van der Waals surface area (Å²) >= 11 is 12.3. The number of sulfonamides is 1. The number of rotatable bonds is 18. The Morgan fingerprint density at radius 3 is 1.80 bits per heavy atom. The van der Waals surface area contributed by atoms with Gasteiger partial charge in [-0.1, -0.05) is 80.4 Å². The zero-order valence-corrected chi connectivity index (χ0v) is 31.4. The Hall–Kier alpha value is -3.03. The Labute approximate surface area is 306 Å². The molecule has 0 bridgehead atoms. The van der Waals surface area contributed by atoms with Crippen LogP contribution in [0, 0.1) is 5.92 Å². The van der Waals surface area contributed by atoms with Gasteiger partial charge in [0, 0.05) is 34.6 Å². The number of nitrogens with zero attached hydrogens (tertiary/aromatic N) is 2. The van der Waals surface area contributed by atoms with Crippen LogP contribution in [0.5, 0.6) is 0 Å². The van der Waals surface area contributed by atoms with E-state index in [9.17, 15) is 28.2 Å². The zero-order chi connectivity index (χ0) is 37.0. The Bertz CT molecular complexity index is 1580. The average molecular weight is 751 g/mol. The maximum Gasteiger partial charge on any atom is 0.416 e. The molecule has 0 aromatic heterocycles. The summed E-state index contributed by atoms with van der Waals surface area (Å²) in [4.78, 5) is 28.6. The number of carbonyl (C=O) groups excluding carboxylic acids is 2. The van der Waals surface area contributed by atoms with Gasteiger partial charge in [-0.05, 0) is 91.1 Å². The molecule has 3 aromatic rings. The summed E-state index contributed by atoms with van der Waals surface area (Å²) in [7, 11) is -2.80. The first-order valence-corrected chi connectivity index (χ1v) is 19.0. The highest BCUT2D eigenvalue weighted by molar-refractivity contribution is 7.89. The van der Waals surface area contributed by atoms with Gasteiger partial charge in [0.05, 0.1) is 31.3 Å². The summed E-state index contributed by atoms with van der Waals surface area (Å²) < 4.78 is 34.1. The number of benzene rings is 3. The molecule has 0 spiro atoms. The fourth-order valence-electron chi connectivity index (χ4n) is 5.99. The predicted octanol–water partition coefficient (Wildman–Crippen LogP) is 6.59. The molecule has 0 aliphatic carbocycles. The van der Waals surface area contributed by atoms with Crippen molar-refractivity contribution < 1.29 is 33.0 Å². The fraction of sp³-hybridized carbons (Fsp3) is 0.459. The summed E-state index contributed by atoms with van der Waals surface area (Å²) in [5.41, 5.74) is 8.74. The Balaban J connectivity index is 1.87. The van der Waals surface area contributed by atoms with Crippen LogP contribution < -0.4 is 5.73 Å². The van der Waals surface area contributed by atoms with Crippen LogP contribution in [-0.4, -0.2) is 78.2 Å². The Morgan fingerprint density at radius 1 is 0.840 bits per heavy atom. The van der Waals surface area contributed by atoms with E-state index in [0.717, 1.165) is 16.0 Å².